The zero-order valence-corrected chi connectivity index (χ0v) is 10.4. The summed E-state index contributed by atoms with van der Waals surface area (Å²) in [5.74, 6) is 0.578. The smallest absolute Gasteiger partial charge is 0.287 e. The summed E-state index contributed by atoms with van der Waals surface area (Å²) in [6, 6.07) is 6.47. The van der Waals surface area contributed by atoms with Crippen molar-refractivity contribution in [1.82, 2.24) is 9.97 Å². The quantitative estimate of drug-likeness (QED) is 0.375. The average molecular weight is 272 g/mol. The minimum atomic E-state index is -0.516. The molecule has 0 atom stereocenters. The van der Waals surface area contributed by atoms with Crippen LogP contribution in [-0.4, -0.2) is 20.9 Å². The minimum Gasteiger partial charge on any atom is -0.370 e. The van der Waals surface area contributed by atoms with Crippen molar-refractivity contribution in [2.75, 3.05) is 5.32 Å². The molecule has 3 N–H and O–H groups in total. The van der Waals surface area contributed by atoms with E-state index in [0.29, 0.717) is 12.4 Å². The largest absolute Gasteiger partial charge is 0.370 e. The van der Waals surface area contributed by atoms with Crippen molar-refractivity contribution < 1.29 is 4.92 Å². The van der Waals surface area contributed by atoms with Crippen LogP contribution in [-0.2, 0) is 6.54 Å². The van der Waals surface area contributed by atoms with Crippen LogP contribution in [0, 0.1) is 10.1 Å². The van der Waals surface area contributed by atoms with Gasteiger partial charge < -0.3 is 11.1 Å². The second-order valence-electron chi connectivity index (χ2n) is 3.84. The molecule has 0 aliphatic rings. The Labute approximate surface area is 114 Å². The van der Waals surface area contributed by atoms with Crippen LogP contribution in [0.4, 0.5) is 11.5 Å². The summed E-state index contributed by atoms with van der Waals surface area (Å²) >= 11 is 0. The summed E-state index contributed by atoms with van der Waals surface area (Å²) in [5.41, 5.74) is 6.59. The first-order valence-electron chi connectivity index (χ1n) is 5.71. The van der Waals surface area contributed by atoms with E-state index in [2.05, 4.69) is 20.3 Å². The van der Waals surface area contributed by atoms with E-state index in [-0.39, 0.29) is 11.6 Å². The molecule has 0 amide bonds. The van der Waals surface area contributed by atoms with Crippen molar-refractivity contribution in [3.05, 3.63) is 58.5 Å². The van der Waals surface area contributed by atoms with Crippen LogP contribution >= 0.6 is 0 Å². The Hall–Kier alpha value is -3.03. The van der Waals surface area contributed by atoms with Gasteiger partial charge in [0.2, 0.25) is 0 Å². The van der Waals surface area contributed by atoms with Crippen LogP contribution in [0.2, 0.25) is 0 Å². The fraction of sp³-hybridized carbons (Fsp3) is 0.0833. The Morgan fingerprint density at radius 3 is 2.70 bits per heavy atom. The van der Waals surface area contributed by atoms with Crippen molar-refractivity contribution in [2.24, 2.45) is 10.7 Å². The molecule has 0 aliphatic heterocycles. The lowest BCUT2D eigenvalue weighted by Crippen LogP contribution is -2.23. The summed E-state index contributed by atoms with van der Waals surface area (Å²) in [4.78, 5) is 21.9. The maximum atomic E-state index is 10.5. The number of rotatable bonds is 4. The summed E-state index contributed by atoms with van der Waals surface area (Å²) < 4.78 is 0. The lowest BCUT2D eigenvalue weighted by molar-refractivity contribution is -0.385. The highest BCUT2D eigenvalue weighted by atomic mass is 16.6. The van der Waals surface area contributed by atoms with E-state index < -0.39 is 4.92 Å². The molecule has 0 saturated carbocycles. The van der Waals surface area contributed by atoms with Crippen molar-refractivity contribution in [3.8, 4) is 0 Å². The van der Waals surface area contributed by atoms with Gasteiger partial charge in [0, 0.05) is 18.5 Å². The number of hydrogen-bond acceptors (Lipinski definition) is 5. The summed E-state index contributed by atoms with van der Waals surface area (Å²) in [6.07, 6.45) is 4.50. The van der Waals surface area contributed by atoms with Crippen molar-refractivity contribution in [1.29, 1.82) is 0 Å². The van der Waals surface area contributed by atoms with Crippen molar-refractivity contribution >= 4 is 17.5 Å². The number of nitrogens with one attached hydrogen (secondary N) is 1. The van der Waals surface area contributed by atoms with Crippen molar-refractivity contribution in [3.63, 3.8) is 0 Å². The highest BCUT2D eigenvalue weighted by molar-refractivity contribution is 5.91. The van der Waals surface area contributed by atoms with E-state index in [0.717, 1.165) is 11.8 Å². The number of aliphatic imine (C=N–C) groups is 1. The van der Waals surface area contributed by atoms with Gasteiger partial charge in [0.15, 0.2) is 5.96 Å². The number of guanidine groups is 1. The van der Waals surface area contributed by atoms with E-state index in [1.165, 1.54) is 12.1 Å². The Balaban J connectivity index is 1.97. The van der Waals surface area contributed by atoms with Gasteiger partial charge in [-0.05, 0) is 23.8 Å². The zero-order valence-electron chi connectivity index (χ0n) is 10.4. The molecule has 20 heavy (non-hydrogen) atoms. The SMILES string of the molecule is NC(=NCc1ccncc1)Nc1ccc([N+](=O)[O-])cn1. The maximum Gasteiger partial charge on any atom is 0.287 e. The second kappa shape index (κ2) is 6.23. The van der Waals surface area contributed by atoms with Crippen LogP contribution in [0.15, 0.2) is 47.8 Å². The third-order valence-electron chi connectivity index (χ3n) is 2.40. The van der Waals surface area contributed by atoms with E-state index in [4.69, 9.17) is 5.73 Å². The highest BCUT2D eigenvalue weighted by Gasteiger charge is 2.05. The third kappa shape index (κ3) is 3.73. The van der Waals surface area contributed by atoms with E-state index in [1.807, 2.05) is 12.1 Å². The molecule has 2 heterocycles. The van der Waals surface area contributed by atoms with Gasteiger partial charge in [-0.25, -0.2) is 9.98 Å². The van der Waals surface area contributed by atoms with E-state index in [1.54, 1.807) is 12.4 Å². The van der Waals surface area contributed by atoms with E-state index >= 15 is 0 Å². The van der Waals surface area contributed by atoms with Crippen LogP contribution in [0.3, 0.4) is 0 Å². The van der Waals surface area contributed by atoms with Gasteiger partial charge >= 0.3 is 0 Å². The Morgan fingerprint density at radius 2 is 2.10 bits per heavy atom. The topological polar surface area (TPSA) is 119 Å². The van der Waals surface area contributed by atoms with Gasteiger partial charge in [0.25, 0.3) is 5.69 Å². The molecule has 2 rings (SSSR count). The molecule has 0 radical (unpaired) electrons. The van der Waals surface area contributed by atoms with Crippen molar-refractivity contribution in [2.45, 2.75) is 6.54 Å². The minimum absolute atomic E-state index is 0.0807. The molecule has 0 bridgehead atoms. The number of nitrogens with zero attached hydrogens (tertiary/aromatic N) is 4. The first kappa shape index (κ1) is 13.4. The summed E-state index contributed by atoms with van der Waals surface area (Å²) in [5, 5.41) is 13.2. The molecule has 0 spiro atoms. The Kier molecular flexibility index (Phi) is 4.17. The van der Waals surface area contributed by atoms with Gasteiger partial charge in [0.05, 0.1) is 11.5 Å². The molecule has 2 aromatic heterocycles. The lowest BCUT2D eigenvalue weighted by atomic mass is 10.3. The van der Waals surface area contributed by atoms with Gasteiger partial charge in [-0.2, -0.15) is 0 Å². The predicted octanol–water partition coefficient (Wildman–Crippen LogP) is 1.31. The number of pyridine rings is 2. The third-order valence-corrected chi connectivity index (χ3v) is 2.40. The van der Waals surface area contributed by atoms with Crippen LogP contribution < -0.4 is 11.1 Å². The predicted molar refractivity (Wildman–Crippen MR) is 74.1 cm³/mol. The number of nitro groups is 1. The molecule has 0 saturated heterocycles. The fourth-order valence-corrected chi connectivity index (χ4v) is 1.40. The lowest BCUT2D eigenvalue weighted by Gasteiger charge is -2.04. The van der Waals surface area contributed by atoms with E-state index in [9.17, 15) is 10.1 Å². The summed E-state index contributed by atoms with van der Waals surface area (Å²) in [6.45, 7) is 0.411. The monoisotopic (exact) mass is 272 g/mol. The van der Waals surface area contributed by atoms with Gasteiger partial charge in [-0.3, -0.25) is 15.1 Å². The second-order valence-corrected chi connectivity index (χ2v) is 3.84. The first-order valence-corrected chi connectivity index (χ1v) is 5.71. The molecule has 0 fully saturated rings. The summed E-state index contributed by atoms with van der Waals surface area (Å²) in [7, 11) is 0. The number of anilines is 1. The maximum absolute atomic E-state index is 10.5. The highest BCUT2D eigenvalue weighted by Crippen LogP contribution is 2.11. The zero-order chi connectivity index (χ0) is 14.4. The van der Waals surface area contributed by atoms with Gasteiger partial charge in [-0.15, -0.1) is 0 Å². The molecule has 102 valence electrons. The van der Waals surface area contributed by atoms with Gasteiger partial charge in [0.1, 0.15) is 12.0 Å². The fourth-order valence-electron chi connectivity index (χ4n) is 1.40. The molecule has 8 heteroatoms. The normalized spacial score (nSPS) is 11.1. The van der Waals surface area contributed by atoms with Gasteiger partial charge in [-0.1, -0.05) is 0 Å². The van der Waals surface area contributed by atoms with Crippen LogP contribution in [0.25, 0.3) is 0 Å². The Morgan fingerprint density at radius 1 is 1.35 bits per heavy atom. The van der Waals surface area contributed by atoms with Crippen LogP contribution in [0.5, 0.6) is 0 Å². The molecule has 0 aliphatic carbocycles. The Bertz CT molecular complexity index is 612. The average Bonchev–Trinajstić information content (AvgIpc) is 2.47. The molecule has 8 nitrogen and oxygen atoms in total. The molecular weight excluding hydrogens is 260 g/mol. The molecular formula is C12H12N6O2. The molecule has 0 aromatic carbocycles. The number of aromatic nitrogens is 2. The molecule has 0 unspecified atom stereocenters. The molecule has 2 aromatic rings. The number of nitrogens with two attached hydrogens (primary N) is 1. The first-order chi connectivity index (χ1) is 9.65. The standard InChI is InChI=1S/C12H12N6O2/c13-12(16-7-9-3-5-14-6-4-9)17-11-2-1-10(8-15-11)18(19)20/h1-6,8H,7H2,(H3,13,15,16,17). The number of hydrogen-bond donors (Lipinski definition) is 2. The van der Waals surface area contributed by atoms with Crippen LogP contribution in [0.1, 0.15) is 5.56 Å².